The van der Waals surface area contributed by atoms with E-state index < -0.39 is 42.9 Å². The topological polar surface area (TPSA) is 179 Å². The molecule has 0 saturated carbocycles. The minimum absolute atomic E-state index is 0.0443. The summed E-state index contributed by atoms with van der Waals surface area (Å²) >= 11 is 1.04. The second kappa shape index (κ2) is 15.8. The zero-order valence-corrected chi connectivity index (χ0v) is 32.7. The van der Waals surface area contributed by atoms with E-state index in [-0.39, 0.29) is 48.2 Å². The van der Waals surface area contributed by atoms with Crippen LogP contribution in [0.3, 0.4) is 0 Å². The highest BCUT2D eigenvalue weighted by Crippen LogP contribution is 2.59. The summed E-state index contributed by atoms with van der Waals surface area (Å²) in [5.41, 5.74) is 5.71. The number of carbonyl (C=O) groups is 1. The maximum absolute atomic E-state index is 13.7. The third-order valence-electron chi connectivity index (χ3n) is 9.61. The number of phosphoric ester groups is 1. The number of aliphatic hydroxyl groups is 1. The molecule has 2 aliphatic rings. The van der Waals surface area contributed by atoms with Crippen LogP contribution in [0.5, 0.6) is 5.88 Å². The van der Waals surface area contributed by atoms with Gasteiger partial charge in [0.25, 0.3) is 0 Å². The maximum atomic E-state index is 13.7. The van der Waals surface area contributed by atoms with Crippen LogP contribution in [0, 0.1) is 5.41 Å². The normalized spacial score (nSPS) is 24.1. The average molecular weight is 790 g/mol. The Bertz CT molecular complexity index is 2060. The summed E-state index contributed by atoms with van der Waals surface area (Å²) in [6, 6.07) is 29.9. The van der Waals surface area contributed by atoms with Crippen molar-refractivity contribution >= 4 is 41.8 Å². The Labute approximate surface area is 323 Å². The highest BCUT2D eigenvalue weighted by atomic mass is 32.2. The number of nitrogens with zero attached hydrogens (tertiary/aromatic N) is 4. The Kier molecular flexibility index (Phi) is 11.2. The predicted octanol–water partition coefficient (Wildman–Crippen LogP) is 6.29. The van der Waals surface area contributed by atoms with Crippen molar-refractivity contribution in [1.82, 2.24) is 19.5 Å². The van der Waals surface area contributed by atoms with Gasteiger partial charge in [0, 0.05) is 5.75 Å². The molecule has 55 heavy (non-hydrogen) atoms. The summed E-state index contributed by atoms with van der Waals surface area (Å²) in [5.74, 6) is 0.314. The number of fused-ring (bicyclic) bond motifs is 2. The largest absolute Gasteiger partial charge is 0.476 e. The lowest BCUT2D eigenvalue weighted by molar-refractivity contribution is -0.124. The van der Waals surface area contributed by atoms with Crippen LogP contribution in [0.25, 0.3) is 11.2 Å². The standard InChI is InChI=1S/C39H44N5O9PS/c1-5-48-33-30-32(42-36(40)43-33)44(25-41-30)34-38(4,46)31-29(52-34)23-51-54(47,53-31)50-21-22-55-35(45)37(2,3)24-49-39(26-15-9-6-10-16-26,27-17-11-7-12-18-27)28-19-13-8-14-20-28/h6-20,25,29,31,34,46H,5,21-24H2,1-4H3,(H2,40,42,43)/t29-,31-,34-,38-,54?/m1/s1. The molecule has 3 N–H and O–H groups in total. The van der Waals surface area contributed by atoms with Crippen molar-refractivity contribution in [3.63, 3.8) is 0 Å². The zero-order chi connectivity index (χ0) is 38.8. The summed E-state index contributed by atoms with van der Waals surface area (Å²) in [6.07, 6.45) is -1.52. The van der Waals surface area contributed by atoms with Crippen LogP contribution in [-0.4, -0.2) is 79.7 Å². The van der Waals surface area contributed by atoms with Crippen LogP contribution in [0.15, 0.2) is 97.3 Å². The molecule has 3 aromatic carbocycles. The SMILES string of the molecule is CCOc1nc(N)nc2c1ncn2[C@@H]1O[C@@H]2COP(=O)(OCCSC(=O)C(C)(C)COC(c3ccccc3)(c3ccccc3)c3ccccc3)O[C@H]2[C@@]1(C)O. The number of rotatable bonds is 14. The fraction of sp³-hybridized carbons (Fsp3) is 0.385. The molecule has 16 heteroatoms. The summed E-state index contributed by atoms with van der Waals surface area (Å²) in [7, 11) is -4.16. The van der Waals surface area contributed by atoms with E-state index in [0.29, 0.717) is 12.1 Å². The molecule has 5 aromatic rings. The molecular formula is C39H44N5O9PS. The zero-order valence-electron chi connectivity index (χ0n) is 30.9. The highest BCUT2D eigenvalue weighted by molar-refractivity contribution is 8.13. The molecular weight excluding hydrogens is 745 g/mol. The van der Waals surface area contributed by atoms with Gasteiger partial charge in [0.05, 0.1) is 38.2 Å². The molecule has 0 radical (unpaired) electrons. The monoisotopic (exact) mass is 789 g/mol. The van der Waals surface area contributed by atoms with Crippen LogP contribution in [-0.2, 0) is 38.0 Å². The van der Waals surface area contributed by atoms with Gasteiger partial charge in [-0.15, -0.1) is 0 Å². The molecule has 1 unspecified atom stereocenters. The van der Waals surface area contributed by atoms with E-state index >= 15 is 0 Å². The Morgan fingerprint density at radius 2 is 1.62 bits per heavy atom. The van der Waals surface area contributed by atoms with Crippen LogP contribution in [0.2, 0.25) is 0 Å². The Morgan fingerprint density at radius 3 is 2.20 bits per heavy atom. The van der Waals surface area contributed by atoms with Gasteiger partial charge in [0.2, 0.25) is 11.8 Å². The highest BCUT2D eigenvalue weighted by Gasteiger charge is 2.60. The summed E-state index contributed by atoms with van der Waals surface area (Å²) in [5, 5.41) is 11.6. The molecule has 14 nitrogen and oxygen atoms in total. The lowest BCUT2D eigenvalue weighted by Crippen LogP contribution is -2.47. The van der Waals surface area contributed by atoms with E-state index in [2.05, 4.69) is 15.0 Å². The van der Waals surface area contributed by atoms with E-state index in [1.54, 1.807) is 6.92 Å². The molecule has 2 aromatic heterocycles. The number of aromatic nitrogens is 4. The summed E-state index contributed by atoms with van der Waals surface area (Å²) in [6.45, 7) is 7.10. The van der Waals surface area contributed by atoms with Crippen LogP contribution >= 0.6 is 19.6 Å². The van der Waals surface area contributed by atoms with Crippen molar-refractivity contribution in [1.29, 1.82) is 0 Å². The Hall–Kier alpha value is -4.18. The fourth-order valence-corrected chi connectivity index (χ4v) is 9.25. The molecule has 0 bridgehead atoms. The number of hydrogen-bond donors (Lipinski definition) is 2. The van der Waals surface area contributed by atoms with Crippen LogP contribution in [0.1, 0.15) is 50.6 Å². The number of nitrogens with two attached hydrogens (primary N) is 1. The molecule has 5 atom stereocenters. The first-order valence-corrected chi connectivity index (χ1v) is 20.4. The lowest BCUT2D eigenvalue weighted by Gasteiger charge is -2.38. The molecule has 290 valence electrons. The first-order chi connectivity index (χ1) is 26.4. The minimum atomic E-state index is -4.16. The van der Waals surface area contributed by atoms with Gasteiger partial charge in [0.15, 0.2) is 22.5 Å². The van der Waals surface area contributed by atoms with Crippen molar-refractivity contribution in [2.75, 3.05) is 37.9 Å². The number of hydrogen-bond acceptors (Lipinski definition) is 14. The third kappa shape index (κ3) is 7.68. The quantitative estimate of drug-likeness (QED) is 0.0728. The van der Waals surface area contributed by atoms with E-state index in [1.165, 1.54) is 17.8 Å². The molecule has 7 rings (SSSR count). The number of imidazole rings is 1. The van der Waals surface area contributed by atoms with Gasteiger partial charge >= 0.3 is 7.82 Å². The number of anilines is 1. The molecule has 0 amide bonds. The van der Waals surface area contributed by atoms with Crippen molar-refractivity contribution in [2.24, 2.45) is 5.41 Å². The second-order valence-corrected chi connectivity index (χ2v) is 16.8. The lowest BCUT2D eigenvalue weighted by atomic mass is 9.79. The van der Waals surface area contributed by atoms with Gasteiger partial charge in [-0.25, -0.2) is 9.55 Å². The number of phosphoric acid groups is 1. The Morgan fingerprint density at radius 1 is 1.02 bits per heavy atom. The van der Waals surface area contributed by atoms with E-state index in [9.17, 15) is 14.5 Å². The third-order valence-corrected chi connectivity index (χ3v) is 12.2. The van der Waals surface area contributed by atoms with Gasteiger partial charge < -0.3 is 25.1 Å². The summed E-state index contributed by atoms with van der Waals surface area (Å²) < 4.78 is 50.8. The number of carbonyl (C=O) groups excluding carboxylic acids is 1. The summed E-state index contributed by atoms with van der Waals surface area (Å²) in [4.78, 5) is 26.4. The van der Waals surface area contributed by atoms with E-state index in [1.807, 2.05) is 105 Å². The Balaban J connectivity index is 0.991. The molecule has 2 aliphatic heterocycles. The number of nitrogen functional groups attached to an aromatic ring is 1. The van der Waals surface area contributed by atoms with Crippen molar-refractivity contribution in [3.05, 3.63) is 114 Å². The van der Waals surface area contributed by atoms with E-state index in [4.69, 9.17) is 33.5 Å². The maximum Gasteiger partial charge on any atom is 0.475 e. The molecule has 4 heterocycles. The van der Waals surface area contributed by atoms with Gasteiger partial charge in [0.1, 0.15) is 23.4 Å². The first kappa shape index (κ1) is 39.1. The predicted molar refractivity (Wildman–Crippen MR) is 206 cm³/mol. The molecule has 0 spiro atoms. The van der Waals surface area contributed by atoms with Crippen LogP contribution in [0.4, 0.5) is 5.95 Å². The molecule has 2 saturated heterocycles. The van der Waals surface area contributed by atoms with Crippen molar-refractivity contribution < 1.29 is 42.2 Å². The molecule has 0 aliphatic carbocycles. The molecule has 2 fully saturated rings. The number of ether oxygens (including phenoxy) is 3. The van der Waals surface area contributed by atoms with Crippen molar-refractivity contribution in [2.45, 2.75) is 57.3 Å². The number of thioether (sulfide) groups is 1. The fourth-order valence-electron chi connectivity index (χ4n) is 6.85. The smallest absolute Gasteiger partial charge is 0.475 e. The van der Waals surface area contributed by atoms with Crippen molar-refractivity contribution in [3.8, 4) is 5.88 Å². The first-order valence-electron chi connectivity index (χ1n) is 17.9. The average Bonchev–Trinajstić information content (AvgIpc) is 3.71. The minimum Gasteiger partial charge on any atom is -0.476 e. The van der Waals surface area contributed by atoms with Gasteiger partial charge in [-0.2, -0.15) is 9.97 Å². The number of benzene rings is 3. The van der Waals surface area contributed by atoms with Gasteiger partial charge in [-0.1, -0.05) is 103 Å². The van der Waals surface area contributed by atoms with Gasteiger partial charge in [-0.05, 0) is 44.4 Å². The second-order valence-electron chi connectivity index (χ2n) is 14.1. The van der Waals surface area contributed by atoms with Crippen LogP contribution < -0.4 is 10.5 Å². The van der Waals surface area contributed by atoms with Gasteiger partial charge in [-0.3, -0.25) is 22.9 Å². The van der Waals surface area contributed by atoms with E-state index in [0.717, 1.165) is 28.5 Å².